The van der Waals surface area contributed by atoms with Crippen LogP contribution in [-0.2, 0) is 6.42 Å². The summed E-state index contributed by atoms with van der Waals surface area (Å²) in [5.41, 5.74) is 8.92. The van der Waals surface area contributed by atoms with Crippen molar-refractivity contribution in [3.8, 4) is 0 Å². The summed E-state index contributed by atoms with van der Waals surface area (Å²) in [6.45, 7) is 0.612. The van der Waals surface area contributed by atoms with Crippen LogP contribution in [0.25, 0.3) is 0 Å². The largest absolute Gasteiger partial charge is 0.397 e. The molecule has 1 aliphatic heterocycles. The van der Waals surface area contributed by atoms with Gasteiger partial charge in [-0.05, 0) is 36.2 Å². The van der Waals surface area contributed by atoms with Gasteiger partial charge in [0.05, 0.1) is 22.0 Å². The number of carbonyl (C=O) groups excluding carboxylic acids is 1. The molecule has 1 aliphatic rings. The molecule has 0 bridgehead atoms. The third-order valence-electron chi connectivity index (χ3n) is 3.43. The van der Waals surface area contributed by atoms with E-state index in [4.69, 9.17) is 28.9 Å². The molecule has 0 fully saturated rings. The minimum Gasteiger partial charge on any atom is -0.397 e. The van der Waals surface area contributed by atoms with Crippen LogP contribution in [0.15, 0.2) is 36.4 Å². The van der Waals surface area contributed by atoms with Crippen molar-refractivity contribution < 1.29 is 4.79 Å². The number of amides is 1. The van der Waals surface area contributed by atoms with E-state index in [2.05, 4.69) is 0 Å². The Labute approximate surface area is 126 Å². The second kappa shape index (κ2) is 5.00. The number of benzene rings is 2. The first-order chi connectivity index (χ1) is 9.58. The highest BCUT2D eigenvalue weighted by molar-refractivity contribution is 6.37. The Balaban J connectivity index is 2.02. The second-order valence-electron chi connectivity index (χ2n) is 4.69. The van der Waals surface area contributed by atoms with E-state index >= 15 is 0 Å². The predicted octanol–water partition coefficient (Wildman–Crippen LogP) is 3.78. The molecule has 0 unspecified atom stereocenters. The van der Waals surface area contributed by atoms with Gasteiger partial charge in [-0.15, -0.1) is 0 Å². The summed E-state index contributed by atoms with van der Waals surface area (Å²) in [6, 6.07) is 10.6. The lowest BCUT2D eigenvalue weighted by atomic mass is 10.1. The highest BCUT2D eigenvalue weighted by Gasteiger charge is 2.28. The number of halogens is 2. The molecule has 1 amide bonds. The van der Waals surface area contributed by atoms with Gasteiger partial charge < -0.3 is 10.6 Å². The smallest absolute Gasteiger partial charge is 0.259 e. The van der Waals surface area contributed by atoms with Gasteiger partial charge >= 0.3 is 0 Å². The van der Waals surface area contributed by atoms with E-state index in [1.54, 1.807) is 29.2 Å². The monoisotopic (exact) mass is 306 g/mol. The summed E-state index contributed by atoms with van der Waals surface area (Å²) in [5.74, 6) is -0.150. The first-order valence-corrected chi connectivity index (χ1v) is 6.98. The molecule has 2 aromatic carbocycles. The summed E-state index contributed by atoms with van der Waals surface area (Å²) in [7, 11) is 0. The molecule has 3 rings (SSSR count). The highest BCUT2D eigenvalue weighted by atomic mass is 35.5. The van der Waals surface area contributed by atoms with Gasteiger partial charge in [-0.2, -0.15) is 0 Å². The molecule has 0 spiro atoms. The molecule has 0 aliphatic carbocycles. The van der Waals surface area contributed by atoms with Crippen molar-refractivity contribution in [2.75, 3.05) is 17.2 Å². The molecule has 5 heteroatoms. The maximum Gasteiger partial charge on any atom is 0.259 e. The second-order valence-corrected chi connectivity index (χ2v) is 5.53. The molecule has 0 atom stereocenters. The fraction of sp³-hybridized carbons (Fsp3) is 0.133. The fourth-order valence-corrected chi connectivity index (χ4v) is 2.99. The molecule has 3 nitrogen and oxygen atoms in total. The first-order valence-electron chi connectivity index (χ1n) is 6.22. The Morgan fingerprint density at radius 2 is 2.00 bits per heavy atom. The van der Waals surface area contributed by atoms with Crippen molar-refractivity contribution in [2.24, 2.45) is 0 Å². The Hall–Kier alpha value is -1.71. The van der Waals surface area contributed by atoms with Crippen LogP contribution in [0.3, 0.4) is 0 Å². The summed E-state index contributed by atoms with van der Waals surface area (Å²) in [4.78, 5) is 14.3. The molecule has 1 heterocycles. The Kier molecular flexibility index (Phi) is 3.32. The van der Waals surface area contributed by atoms with Crippen molar-refractivity contribution in [3.63, 3.8) is 0 Å². The van der Waals surface area contributed by atoms with Crippen molar-refractivity contribution >= 4 is 40.5 Å². The number of rotatable bonds is 1. The van der Waals surface area contributed by atoms with E-state index in [9.17, 15) is 4.79 Å². The number of anilines is 2. The van der Waals surface area contributed by atoms with Crippen molar-refractivity contribution in [2.45, 2.75) is 6.42 Å². The summed E-state index contributed by atoms with van der Waals surface area (Å²) in [5, 5.41) is 0.860. The third kappa shape index (κ3) is 2.13. The molecule has 102 valence electrons. The zero-order valence-corrected chi connectivity index (χ0v) is 12.1. The predicted molar refractivity (Wildman–Crippen MR) is 82.7 cm³/mol. The van der Waals surface area contributed by atoms with Crippen LogP contribution in [0.2, 0.25) is 10.0 Å². The Morgan fingerprint density at radius 3 is 2.75 bits per heavy atom. The van der Waals surface area contributed by atoms with Gasteiger partial charge in [-0.1, -0.05) is 35.3 Å². The van der Waals surface area contributed by atoms with Crippen LogP contribution < -0.4 is 10.6 Å². The molecule has 2 aromatic rings. The molecule has 0 radical (unpaired) electrons. The lowest BCUT2D eigenvalue weighted by Crippen LogP contribution is -2.29. The van der Waals surface area contributed by atoms with Crippen molar-refractivity contribution in [1.82, 2.24) is 0 Å². The Bertz CT molecular complexity index is 700. The van der Waals surface area contributed by atoms with Gasteiger partial charge in [0.1, 0.15) is 0 Å². The summed E-state index contributed by atoms with van der Waals surface area (Å²) in [6.07, 6.45) is 0.803. The van der Waals surface area contributed by atoms with Crippen molar-refractivity contribution in [3.05, 3.63) is 57.6 Å². The number of nitrogen functional groups attached to an aromatic ring is 1. The minimum absolute atomic E-state index is 0.150. The van der Waals surface area contributed by atoms with Crippen LogP contribution in [0, 0.1) is 0 Å². The molecular formula is C15H12Cl2N2O. The Morgan fingerprint density at radius 1 is 1.20 bits per heavy atom. The standard InChI is InChI=1S/C15H12Cl2N2O/c16-10-4-5-11(12(17)8-10)15(20)19-7-6-9-2-1-3-13(18)14(9)19/h1-5,8H,6-7,18H2. The van der Waals surface area contributed by atoms with E-state index < -0.39 is 0 Å². The molecule has 0 saturated carbocycles. The van der Waals surface area contributed by atoms with Gasteiger partial charge in [0.2, 0.25) is 0 Å². The van der Waals surface area contributed by atoms with Gasteiger partial charge in [-0.3, -0.25) is 4.79 Å². The minimum atomic E-state index is -0.150. The van der Waals surface area contributed by atoms with Gasteiger partial charge in [0, 0.05) is 11.6 Å². The normalized spacial score (nSPS) is 13.4. The number of para-hydroxylation sites is 1. The van der Waals surface area contributed by atoms with Crippen LogP contribution >= 0.6 is 23.2 Å². The molecule has 20 heavy (non-hydrogen) atoms. The average Bonchev–Trinajstić information content (AvgIpc) is 2.83. The highest BCUT2D eigenvalue weighted by Crippen LogP contribution is 2.35. The molecule has 0 aromatic heterocycles. The number of carbonyl (C=O) groups is 1. The van der Waals surface area contributed by atoms with Crippen LogP contribution in [0.4, 0.5) is 11.4 Å². The van der Waals surface area contributed by atoms with Gasteiger partial charge in [0.25, 0.3) is 5.91 Å². The first kappa shape index (κ1) is 13.3. The van der Waals surface area contributed by atoms with Gasteiger partial charge in [0.15, 0.2) is 0 Å². The van der Waals surface area contributed by atoms with E-state index in [0.717, 1.165) is 17.7 Å². The number of hydrogen-bond acceptors (Lipinski definition) is 2. The van der Waals surface area contributed by atoms with E-state index in [0.29, 0.717) is 27.8 Å². The quantitative estimate of drug-likeness (QED) is 0.815. The van der Waals surface area contributed by atoms with E-state index in [-0.39, 0.29) is 5.91 Å². The molecule has 2 N–H and O–H groups in total. The SMILES string of the molecule is Nc1cccc2c1N(C(=O)c1ccc(Cl)cc1Cl)CC2. The van der Waals surface area contributed by atoms with Crippen molar-refractivity contribution in [1.29, 1.82) is 0 Å². The van der Waals surface area contributed by atoms with Crippen LogP contribution in [-0.4, -0.2) is 12.5 Å². The average molecular weight is 307 g/mol. The number of nitrogens with two attached hydrogens (primary N) is 1. The fourth-order valence-electron chi connectivity index (χ4n) is 2.50. The van der Waals surface area contributed by atoms with E-state index in [1.165, 1.54) is 0 Å². The van der Waals surface area contributed by atoms with Crippen LogP contribution in [0.5, 0.6) is 0 Å². The zero-order chi connectivity index (χ0) is 14.3. The summed E-state index contributed by atoms with van der Waals surface area (Å²) >= 11 is 12.0. The third-order valence-corrected chi connectivity index (χ3v) is 3.98. The lowest BCUT2D eigenvalue weighted by Gasteiger charge is -2.19. The lowest BCUT2D eigenvalue weighted by molar-refractivity contribution is 0.0989. The topological polar surface area (TPSA) is 46.3 Å². The maximum absolute atomic E-state index is 12.6. The number of hydrogen-bond donors (Lipinski definition) is 1. The molecule has 0 saturated heterocycles. The number of fused-ring (bicyclic) bond motifs is 1. The zero-order valence-electron chi connectivity index (χ0n) is 10.6. The summed E-state index contributed by atoms with van der Waals surface area (Å²) < 4.78 is 0. The number of nitrogens with zero attached hydrogens (tertiary/aromatic N) is 1. The van der Waals surface area contributed by atoms with E-state index in [1.807, 2.05) is 12.1 Å². The molecular weight excluding hydrogens is 295 g/mol. The van der Waals surface area contributed by atoms with Crippen LogP contribution in [0.1, 0.15) is 15.9 Å². The van der Waals surface area contributed by atoms with Gasteiger partial charge in [-0.25, -0.2) is 0 Å². The maximum atomic E-state index is 12.6.